The summed E-state index contributed by atoms with van der Waals surface area (Å²) in [5.74, 6) is -2.51. The van der Waals surface area contributed by atoms with E-state index in [2.05, 4.69) is 21.0 Å². The fourth-order valence-corrected chi connectivity index (χ4v) is 3.04. The number of halogens is 2. The van der Waals surface area contributed by atoms with E-state index >= 15 is 0 Å². The van der Waals surface area contributed by atoms with Crippen molar-refractivity contribution in [3.8, 4) is 0 Å². The summed E-state index contributed by atoms with van der Waals surface area (Å²) in [5.41, 5.74) is 1.48. The third-order valence-corrected chi connectivity index (χ3v) is 4.50. The number of nitrogens with one attached hydrogen (secondary N) is 3. The van der Waals surface area contributed by atoms with Gasteiger partial charge in [-0.25, -0.2) is 13.6 Å². The maximum absolute atomic E-state index is 13.0. The van der Waals surface area contributed by atoms with Gasteiger partial charge in [-0.05, 0) is 24.1 Å². The highest BCUT2D eigenvalue weighted by Gasteiger charge is 2.59. The van der Waals surface area contributed by atoms with E-state index in [0.717, 1.165) is 12.0 Å². The maximum Gasteiger partial charge on any atom is 0.324 e. The van der Waals surface area contributed by atoms with Gasteiger partial charge < -0.3 is 10.6 Å². The molecule has 2 fully saturated rings. The molecule has 2 heterocycles. The minimum atomic E-state index is -2.72. The second-order valence-electron chi connectivity index (χ2n) is 6.53. The van der Waals surface area contributed by atoms with E-state index in [-0.39, 0.29) is 24.2 Å². The number of urea groups is 1. The van der Waals surface area contributed by atoms with E-state index in [1.54, 1.807) is 18.2 Å². The van der Waals surface area contributed by atoms with Gasteiger partial charge in [-0.15, -0.1) is 0 Å². The van der Waals surface area contributed by atoms with Crippen LogP contribution < -0.4 is 16.0 Å². The van der Waals surface area contributed by atoms with Crippen LogP contribution in [0, 0.1) is 0 Å². The van der Waals surface area contributed by atoms with Gasteiger partial charge in [0.05, 0.1) is 6.04 Å². The maximum atomic E-state index is 13.0. The Morgan fingerprint density at radius 1 is 1.31 bits per heavy atom. The molecule has 0 radical (unpaired) electrons. The number of alkyl halides is 2. The highest BCUT2D eigenvalue weighted by molar-refractivity contribution is 5.99. The molecule has 3 N–H and O–H groups in total. The van der Waals surface area contributed by atoms with Crippen molar-refractivity contribution < 1.29 is 18.4 Å². The molecular formula is C17H17F2N5O2. The zero-order chi connectivity index (χ0) is 18.3. The number of nitrogens with zero attached hydrogens (tertiary/aromatic N) is 2. The topological polar surface area (TPSA) is 88.1 Å². The lowest BCUT2D eigenvalue weighted by atomic mass is 10.0. The second-order valence-corrected chi connectivity index (χ2v) is 6.53. The third kappa shape index (κ3) is 3.37. The standard InChI is InChI=1S/C17H17F2N5O2/c18-17(19)9-13(17)24-7-6-14(23-24)22-16(26)20-11-3-1-2-10(8-11)12-4-5-15(25)21-12/h1-3,6-8,12-13H,4-5,9H2,(H,21,25)(H2,20,22,23,26). The number of amides is 3. The average molecular weight is 361 g/mol. The Hall–Kier alpha value is -2.97. The molecule has 2 atom stereocenters. The largest absolute Gasteiger partial charge is 0.349 e. The highest BCUT2D eigenvalue weighted by Crippen LogP contribution is 2.52. The number of aromatic nitrogens is 2. The van der Waals surface area contributed by atoms with Gasteiger partial charge in [0.2, 0.25) is 5.91 Å². The number of carbonyl (C=O) groups excluding carboxylic acids is 2. The number of rotatable bonds is 4. The molecule has 1 aromatic carbocycles. The lowest BCUT2D eigenvalue weighted by molar-refractivity contribution is -0.119. The summed E-state index contributed by atoms with van der Waals surface area (Å²) in [7, 11) is 0. The smallest absolute Gasteiger partial charge is 0.324 e. The van der Waals surface area contributed by atoms with Crippen LogP contribution in [0.1, 0.15) is 36.9 Å². The molecule has 3 amide bonds. The summed E-state index contributed by atoms with van der Waals surface area (Å²) in [4.78, 5) is 23.4. The molecule has 26 heavy (non-hydrogen) atoms. The van der Waals surface area contributed by atoms with Gasteiger partial charge in [0.15, 0.2) is 5.82 Å². The molecule has 7 nitrogen and oxygen atoms in total. The Kier molecular flexibility index (Phi) is 3.86. The molecule has 2 aliphatic rings. The molecule has 1 aliphatic carbocycles. The van der Waals surface area contributed by atoms with Crippen LogP contribution in [0.25, 0.3) is 0 Å². The predicted molar refractivity (Wildman–Crippen MR) is 90.0 cm³/mol. The number of anilines is 2. The van der Waals surface area contributed by atoms with Crippen molar-refractivity contribution >= 4 is 23.4 Å². The van der Waals surface area contributed by atoms with E-state index in [4.69, 9.17) is 0 Å². The molecule has 1 aromatic heterocycles. The van der Waals surface area contributed by atoms with Crippen molar-refractivity contribution in [1.29, 1.82) is 0 Å². The number of benzene rings is 1. The summed E-state index contributed by atoms with van der Waals surface area (Å²) in [5, 5.41) is 12.0. The Balaban J connectivity index is 1.37. The van der Waals surface area contributed by atoms with E-state index in [1.165, 1.54) is 16.9 Å². The molecule has 1 saturated carbocycles. The molecule has 9 heteroatoms. The van der Waals surface area contributed by atoms with Gasteiger partial charge >= 0.3 is 6.03 Å². The molecule has 136 valence electrons. The van der Waals surface area contributed by atoms with Crippen molar-refractivity contribution in [2.75, 3.05) is 10.6 Å². The zero-order valence-electron chi connectivity index (χ0n) is 13.7. The summed E-state index contributed by atoms with van der Waals surface area (Å²) < 4.78 is 27.3. The molecule has 1 aliphatic heterocycles. The molecule has 0 spiro atoms. The fraction of sp³-hybridized carbons (Fsp3) is 0.353. The number of carbonyl (C=O) groups is 2. The van der Waals surface area contributed by atoms with Crippen molar-refractivity contribution in [1.82, 2.24) is 15.1 Å². The Morgan fingerprint density at radius 3 is 2.81 bits per heavy atom. The van der Waals surface area contributed by atoms with Gasteiger partial charge in [-0.3, -0.25) is 14.8 Å². The van der Waals surface area contributed by atoms with Gasteiger partial charge in [-0.2, -0.15) is 5.10 Å². The Morgan fingerprint density at radius 2 is 2.12 bits per heavy atom. The average Bonchev–Trinajstić information content (AvgIpc) is 2.96. The minimum Gasteiger partial charge on any atom is -0.349 e. The van der Waals surface area contributed by atoms with Crippen LogP contribution in [0.3, 0.4) is 0 Å². The predicted octanol–water partition coefficient (Wildman–Crippen LogP) is 3.06. The lowest BCUT2D eigenvalue weighted by Crippen LogP contribution is -2.21. The van der Waals surface area contributed by atoms with Crippen molar-refractivity contribution in [2.24, 2.45) is 0 Å². The first-order valence-electron chi connectivity index (χ1n) is 8.31. The molecular weight excluding hydrogens is 344 g/mol. The van der Waals surface area contributed by atoms with Gasteiger partial charge in [0.1, 0.15) is 6.04 Å². The first-order chi connectivity index (χ1) is 12.4. The van der Waals surface area contributed by atoms with Crippen LogP contribution in [0.5, 0.6) is 0 Å². The first kappa shape index (κ1) is 16.5. The summed E-state index contributed by atoms with van der Waals surface area (Å²) in [6.07, 6.45) is 2.40. The summed E-state index contributed by atoms with van der Waals surface area (Å²) in [6.45, 7) is 0. The molecule has 0 bridgehead atoms. The van der Waals surface area contributed by atoms with Crippen molar-refractivity contribution in [3.05, 3.63) is 42.1 Å². The SMILES string of the molecule is O=C1CCC(c2cccc(NC(=O)Nc3ccn(C4CC4(F)F)n3)c2)N1. The first-order valence-corrected chi connectivity index (χ1v) is 8.31. The van der Waals surface area contributed by atoms with Crippen LogP contribution in [-0.4, -0.2) is 27.6 Å². The van der Waals surface area contributed by atoms with E-state index < -0.39 is 18.0 Å². The highest BCUT2D eigenvalue weighted by atomic mass is 19.3. The van der Waals surface area contributed by atoms with Gasteiger partial charge in [0, 0.05) is 30.8 Å². The minimum absolute atomic E-state index is 0.0166. The fourth-order valence-electron chi connectivity index (χ4n) is 3.04. The van der Waals surface area contributed by atoms with E-state index in [1.807, 2.05) is 6.07 Å². The summed E-state index contributed by atoms with van der Waals surface area (Å²) >= 11 is 0. The third-order valence-electron chi connectivity index (χ3n) is 4.50. The van der Waals surface area contributed by atoms with Crippen LogP contribution in [0.2, 0.25) is 0 Å². The van der Waals surface area contributed by atoms with Gasteiger partial charge in [-0.1, -0.05) is 12.1 Å². The number of hydrogen-bond acceptors (Lipinski definition) is 3. The van der Waals surface area contributed by atoms with E-state index in [9.17, 15) is 18.4 Å². The molecule has 1 saturated heterocycles. The van der Waals surface area contributed by atoms with Crippen LogP contribution in [0.4, 0.5) is 25.1 Å². The quantitative estimate of drug-likeness (QED) is 0.782. The Labute approximate surface area is 147 Å². The monoisotopic (exact) mass is 361 g/mol. The summed E-state index contributed by atoms with van der Waals surface area (Å²) in [6, 6.07) is 7.16. The normalized spacial score (nSPS) is 23.4. The molecule has 2 aromatic rings. The van der Waals surface area contributed by atoms with E-state index in [0.29, 0.717) is 12.1 Å². The molecule has 2 unspecified atom stereocenters. The van der Waals surface area contributed by atoms with Crippen LogP contribution in [-0.2, 0) is 4.79 Å². The van der Waals surface area contributed by atoms with Crippen molar-refractivity contribution in [2.45, 2.75) is 37.3 Å². The zero-order valence-corrected chi connectivity index (χ0v) is 13.7. The lowest BCUT2D eigenvalue weighted by Gasteiger charge is -2.12. The van der Waals surface area contributed by atoms with Crippen LogP contribution in [0.15, 0.2) is 36.5 Å². The second kappa shape index (κ2) is 6.08. The molecule has 4 rings (SSSR count). The van der Waals surface area contributed by atoms with Crippen LogP contribution >= 0.6 is 0 Å². The number of hydrogen-bond donors (Lipinski definition) is 3. The Bertz CT molecular complexity index is 866. The van der Waals surface area contributed by atoms with Crippen molar-refractivity contribution in [3.63, 3.8) is 0 Å². The van der Waals surface area contributed by atoms with Gasteiger partial charge in [0.25, 0.3) is 5.92 Å².